The minimum Gasteiger partial charge on any atom is -0.508 e. The van der Waals surface area contributed by atoms with E-state index < -0.39 is 12.0 Å². The zero-order chi connectivity index (χ0) is 19.7. The third-order valence-corrected chi connectivity index (χ3v) is 4.37. The Bertz CT molecular complexity index is 1090. The standard InChI is InChI=1S/C19H15N5O4/c1-28-18(27)15-14(17(26)11-6-3-2-4-7-11)16(12-8-5-9-13(25)10-12)24-19(20-15)21-22-23-24/h2-10,16,25H,1H3,(H,20,21,23)/t16-/m0/s1. The van der Waals surface area contributed by atoms with Gasteiger partial charge in [-0.3, -0.25) is 4.79 Å². The lowest BCUT2D eigenvalue weighted by Gasteiger charge is -2.28. The van der Waals surface area contributed by atoms with Gasteiger partial charge in [0.2, 0.25) is 5.95 Å². The third-order valence-electron chi connectivity index (χ3n) is 4.37. The first-order valence-corrected chi connectivity index (χ1v) is 8.36. The molecule has 28 heavy (non-hydrogen) atoms. The Morgan fingerprint density at radius 1 is 1.14 bits per heavy atom. The van der Waals surface area contributed by atoms with Crippen molar-refractivity contribution in [3.8, 4) is 5.75 Å². The van der Waals surface area contributed by atoms with E-state index in [9.17, 15) is 14.7 Å². The zero-order valence-corrected chi connectivity index (χ0v) is 14.7. The van der Waals surface area contributed by atoms with Crippen molar-refractivity contribution in [2.45, 2.75) is 6.04 Å². The molecule has 9 nitrogen and oxygen atoms in total. The smallest absolute Gasteiger partial charge is 0.355 e. The summed E-state index contributed by atoms with van der Waals surface area (Å²) >= 11 is 0. The first kappa shape index (κ1) is 17.4. The molecule has 1 aromatic heterocycles. The highest BCUT2D eigenvalue weighted by atomic mass is 16.5. The number of aromatic hydroxyl groups is 1. The summed E-state index contributed by atoms with van der Waals surface area (Å²) in [4.78, 5) is 25.8. The molecule has 9 heteroatoms. The number of carbonyl (C=O) groups is 2. The predicted molar refractivity (Wildman–Crippen MR) is 97.5 cm³/mol. The van der Waals surface area contributed by atoms with Crippen molar-refractivity contribution < 1.29 is 19.4 Å². The number of esters is 1. The average molecular weight is 377 g/mol. The fourth-order valence-corrected chi connectivity index (χ4v) is 3.14. The fraction of sp³-hybridized carbons (Fsp3) is 0.105. The van der Waals surface area contributed by atoms with Crippen molar-refractivity contribution >= 4 is 17.7 Å². The van der Waals surface area contributed by atoms with E-state index in [0.717, 1.165) is 0 Å². The summed E-state index contributed by atoms with van der Waals surface area (Å²) in [5.41, 5.74) is 0.994. The number of Topliss-reactive ketones (excluding diaryl/α,β-unsaturated/α-hetero) is 1. The van der Waals surface area contributed by atoms with Gasteiger partial charge in [0.15, 0.2) is 5.78 Å². The van der Waals surface area contributed by atoms with Crippen LogP contribution < -0.4 is 5.32 Å². The van der Waals surface area contributed by atoms with Crippen LogP contribution in [0.15, 0.2) is 65.9 Å². The van der Waals surface area contributed by atoms with E-state index in [-0.39, 0.29) is 28.8 Å². The molecule has 0 bridgehead atoms. The molecule has 0 aliphatic carbocycles. The van der Waals surface area contributed by atoms with Gasteiger partial charge in [-0.1, -0.05) is 47.6 Å². The number of nitrogens with zero attached hydrogens (tertiary/aromatic N) is 4. The van der Waals surface area contributed by atoms with E-state index in [4.69, 9.17) is 4.74 Å². The van der Waals surface area contributed by atoms with E-state index in [1.165, 1.54) is 23.9 Å². The fourth-order valence-electron chi connectivity index (χ4n) is 3.14. The van der Waals surface area contributed by atoms with E-state index in [1.807, 2.05) is 0 Å². The molecule has 1 atom stereocenters. The number of methoxy groups -OCH3 is 1. The topological polar surface area (TPSA) is 119 Å². The number of hydrogen-bond donors (Lipinski definition) is 2. The third kappa shape index (κ3) is 2.88. The second-order valence-corrected chi connectivity index (χ2v) is 6.04. The summed E-state index contributed by atoms with van der Waals surface area (Å²) < 4.78 is 6.25. The summed E-state index contributed by atoms with van der Waals surface area (Å²) in [5.74, 6) is -0.920. The van der Waals surface area contributed by atoms with E-state index in [0.29, 0.717) is 11.1 Å². The van der Waals surface area contributed by atoms with Gasteiger partial charge in [0.25, 0.3) is 0 Å². The molecular weight excluding hydrogens is 362 g/mol. The Morgan fingerprint density at radius 3 is 2.64 bits per heavy atom. The molecule has 0 unspecified atom stereocenters. The minimum absolute atomic E-state index is 0.0109. The van der Waals surface area contributed by atoms with Crippen molar-refractivity contribution in [3.63, 3.8) is 0 Å². The van der Waals surface area contributed by atoms with Gasteiger partial charge in [-0.25, -0.2) is 4.79 Å². The summed E-state index contributed by atoms with van der Waals surface area (Å²) in [7, 11) is 1.22. The summed E-state index contributed by atoms with van der Waals surface area (Å²) in [5, 5.41) is 24.2. The molecule has 1 aliphatic heterocycles. The summed E-state index contributed by atoms with van der Waals surface area (Å²) in [6, 6.07) is 14.1. The van der Waals surface area contributed by atoms with Crippen LogP contribution in [-0.4, -0.2) is 44.2 Å². The SMILES string of the molecule is COC(=O)C1=C(C(=O)c2ccccc2)[C@H](c2cccc(O)c2)n2nnnc2N1. The lowest BCUT2D eigenvalue weighted by molar-refractivity contribution is -0.136. The van der Waals surface area contributed by atoms with Crippen molar-refractivity contribution in [3.05, 3.63) is 77.0 Å². The highest BCUT2D eigenvalue weighted by Gasteiger charge is 2.38. The second-order valence-electron chi connectivity index (χ2n) is 6.04. The Labute approximate surface area is 159 Å². The molecule has 0 saturated carbocycles. The van der Waals surface area contributed by atoms with Crippen molar-refractivity contribution in [1.82, 2.24) is 20.2 Å². The molecule has 0 saturated heterocycles. The van der Waals surface area contributed by atoms with Gasteiger partial charge in [-0.15, -0.1) is 0 Å². The number of tetrazole rings is 1. The monoisotopic (exact) mass is 377 g/mol. The van der Waals surface area contributed by atoms with Crippen LogP contribution in [0.4, 0.5) is 5.95 Å². The van der Waals surface area contributed by atoms with Gasteiger partial charge in [0.1, 0.15) is 17.5 Å². The Morgan fingerprint density at radius 2 is 1.93 bits per heavy atom. The second kappa shape index (κ2) is 6.95. The summed E-state index contributed by atoms with van der Waals surface area (Å²) in [6.07, 6.45) is 0. The zero-order valence-electron chi connectivity index (χ0n) is 14.7. The number of phenols is 1. The number of ketones is 1. The number of rotatable bonds is 4. The number of ether oxygens (including phenoxy) is 1. The Kier molecular flexibility index (Phi) is 4.32. The molecule has 140 valence electrons. The number of phenolic OH excluding ortho intramolecular Hbond substituents is 1. The number of hydrogen-bond acceptors (Lipinski definition) is 8. The maximum Gasteiger partial charge on any atom is 0.355 e. The number of benzene rings is 2. The van der Waals surface area contributed by atoms with Gasteiger partial charge in [0.05, 0.1) is 12.7 Å². The van der Waals surface area contributed by atoms with Crippen LogP contribution >= 0.6 is 0 Å². The molecule has 1 aliphatic rings. The number of fused-ring (bicyclic) bond motifs is 1. The molecule has 2 heterocycles. The lowest BCUT2D eigenvalue weighted by Crippen LogP contribution is -2.32. The lowest BCUT2D eigenvalue weighted by atomic mass is 9.89. The molecule has 0 amide bonds. The average Bonchev–Trinajstić information content (AvgIpc) is 3.20. The Balaban J connectivity index is 1.97. The Hall–Kier alpha value is -4.01. The largest absolute Gasteiger partial charge is 0.508 e. The van der Waals surface area contributed by atoms with E-state index >= 15 is 0 Å². The van der Waals surface area contributed by atoms with Crippen LogP contribution in [0.25, 0.3) is 0 Å². The van der Waals surface area contributed by atoms with Gasteiger partial charge < -0.3 is 15.2 Å². The number of aromatic nitrogens is 4. The first-order valence-electron chi connectivity index (χ1n) is 8.36. The van der Waals surface area contributed by atoms with Gasteiger partial charge in [0, 0.05) is 5.56 Å². The molecule has 0 radical (unpaired) electrons. The van der Waals surface area contributed by atoms with E-state index in [2.05, 4.69) is 20.8 Å². The quantitative estimate of drug-likeness (QED) is 0.521. The number of nitrogens with one attached hydrogen (secondary N) is 1. The normalized spacial score (nSPS) is 15.5. The van der Waals surface area contributed by atoms with Crippen LogP contribution in [0.1, 0.15) is 22.0 Å². The van der Waals surface area contributed by atoms with Crippen molar-refractivity contribution in [2.75, 3.05) is 12.4 Å². The van der Waals surface area contributed by atoms with Gasteiger partial charge in [-0.05, 0) is 28.1 Å². The van der Waals surface area contributed by atoms with Crippen molar-refractivity contribution in [1.29, 1.82) is 0 Å². The molecule has 3 aromatic rings. The first-order chi connectivity index (χ1) is 13.6. The maximum atomic E-state index is 13.4. The highest BCUT2D eigenvalue weighted by Crippen LogP contribution is 2.37. The van der Waals surface area contributed by atoms with Gasteiger partial charge in [-0.2, -0.15) is 4.68 Å². The number of allylic oxidation sites excluding steroid dienone is 1. The number of carbonyl (C=O) groups excluding carboxylic acids is 2. The van der Waals surface area contributed by atoms with Crippen molar-refractivity contribution in [2.24, 2.45) is 0 Å². The molecule has 4 rings (SSSR count). The number of anilines is 1. The highest BCUT2D eigenvalue weighted by molar-refractivity contribution is 6.14. The van der Waals surface area contributed by atoms with Gasteiger partial charge >= 0.3 is 5.97 Å². The van der Waals surface area contributed by atoms with E-state index in [1.54, 1.807) is 42.5 Å². The molecular formula is C19H15N5O4. The molecule has 0 fully saturated rings. The van der Waals surface area contributed by atoms with Crippen LogP contribution in [0, 0.1) is 0 Å². The summed E-state index contributed by atoms with van der Waals surface area (Å²) in [6.45, 7) is 0. The van der Waals surface area contributed by atoms with Crippen LogP contribution in [0.5, 0.6) is 5.75 Å². The van der Waals surface area contributed by atoms with Crippen LogP contribution in [0.3, 0.4) is 0 Å². The molecule has 2 aromatic carbocycles. The van der Waals surface area contributed by atoms with Crippen LogP contribution in [0.2, 0.25) is 0 Å². The molecule has 2 N–H and O–H groups in total. The van der Waals surface area contributed by atoms with Crippen LogP contribution in [-0.2, 0) is 9.53 Å². The maximum absolute atomic E-state index is 13.4. The molecule has 0 spiro atoms. The minimum atomic E-state index is -0.833. The predicted octanol–water partition coefficient (Wildman–Crippen LogP) is 1.70.